The van der Waals surface area contributed by atoms with E-state index in [1.165, 1.54) is 5.56 Å². The highest BCUT2D eigenvalue weighted by molar-refractivity contribution is 5.70. The minimum Gasteiger partial charge on any atom is -0.369 e. The first-order valence-corrected chi connectivity index (χ1v) is 6.11. The summed E-state index contributed by atoms with van der Waals surface area (Å²) in [5.74, 6) is -1.56. The van der Waals surface area contributed by atoms with Crippen LogP contribution in [-0.2, 0) is 6.18 Å². The highest BCUT2D eigenvalue weighted by Gasteiger charge is 2.35. The van der Waals surface area contributed by atoms with Crippen molar-refractivity contribution in [2.75, 3.05) is 5.73 Å². The molecule has 9 heteroatoms. The van der Waals surface area contributed by atoms with Crippen molar-refractivity contribution in [1.29, 1.82) is 0 Å². The summed E-state index contributed by atoms with van der Waals surface area (Å²) in [6, 6.07) is 10.3. The fourth-order valence-corrected chi connectivity index (χ4v) is 1.59. The van der Waals surface area contributed by atoms with E-state index in [0.717, 1.165) is 0 Å². The molecule has 2 heterocycles. The zero-order valence-corrected chi connectivity index (χ0v) is 11.4. The number of hydrogen-bond acceptors (Lipinski definition) is 4. The Hall–Kier alpha value is -2.84. The van der Waals surface area contributed by atoms with Crippen LogP contribution in [0.5, 0.6) is 0 Å². The number of alkyl halides is 3. The fraction of sp³-hybridized carbons (Fsp3) is 0.154. The summed E-state index contributed by atoms with van der Waals surface area (Å²) in [6.07, 6.45) is -4.65. The number of nitrogens with two attached hydrogens (primary N) is 1. The zero-order valence-electron chi connectivity index (χ0n) is 11.4. The minimum absolute atomic E-state index is 0.285. The number of imidazole rings is 1. The third-order valence-corrected chi connectivity index (χ3v) is 2.59. The van der Waals surface area contributed by atoms with E-state index < -0.39 is 17.6 Å². The molecule has 0 aliphatic rings. The van der Waals surface area contributed by atoms with Crippen molar-refractivity contribution in [1.82, 2.24) is 19.9 Å². The van der Waals surface area contributed by atoms with Gasteiger partial charge in [0, 0.05) is 0 Å². The molecule has 1 aromatic carbocycles. The molecule has 2 aromatic heterocycles. The van der Waals surface area contributed by atoms with Crippen LogP contribution in [0.15, 0.2) is 35.1 Å². The Balaban J connectivity index is 0.000000211. The summed E-state index contributed by atoms with van der Waals surface area (Å²) < 4.78 is 36.6. The second kappa shape index (κ2) is 5.88. The first-order valence-electron chi connectivity index (χ1n) is 6.11. The normalized spacial score (nSPS) is 11.1. The number of rotatable bonds is 0. The average Bonchev–Trinajstić information content (AvgIpc) is 2.84. The van der Waals surface area contributed by atoms with Crippen molar-refractivity contribution in [3.63, 3.8) is 0 Å². The maximum absolute atomic E-state index is 12.2. The molecule has 4 N–H and O–H groups in total. The number of aryl methyl sites for hydroxylation is 1. The third-order valence-electron chi connectivity index (χ3n) is 2.59. The molecule has 0 saturated carbocycles. The number of H-pyrrole nitrogens is 2. The number of benzene rings is 1. The molecule has 6 nitrogen and oxygen atoms in total. The molecule has 0 bridgehead atoms. The molecule has 0 amide bonds. The predicted octanol–water partition coefficient (Wildman–Crippen LogP) is 2.24. The van der Waals surface area contributed by atoms with Gasteiger partial charge in [-0.05, 0) is 6.92 Å². The molecule has 0 atom stereocenters. The average molecular weight is 311 g/mol. The second-order valence-corrected chi connectivity index (χ2v) is 4.39. The van der Waals surface area contributed by atoms with Gasteiger partial charge in [-0.3, -0.25) is 9.78 Å². The van der Waals surface area contributed by atoms with E-state index in [1.54, 1.807) is 0 Å². The molecule has 0 fully saturated rings. The van der Waals surface area contributed by atoms with E-state index in [9.17, 15) is 18.0 Å². The van der Waals surface area contributed by atoms with Gasteiger partial charge in [0.05, 0.1) is 0 Å². The lowest BCUT2D eigenvalue weighted by Crippen LogP contribution is -2.11. The van der Waals surface area contributed by atoms with E-state index in [0.29, 0.717) is 0 Å². The highest BCUT2D eigenvalue weighted by Crippen LogP contribution is 2.27. The number of fused-ring (bicyclic) bond motifs is 1. The van der Waals surface area contributed by atoms with Gasteiger partial charge < -0.3 is 10.7 Å². The molecular weight excluding hydrogens is 299 g/mol. The van der Waals surface area contributed by atoms with Crippen molar-refractivity contribution in [3.05, 3.63) is 52.1 Å². The van der Waals surface area contributed by atoms with Crippen LogP contribution in [-0.4, -0.2) is 19.9 Å². The first kappa shape index (κ1) is 15.5. The number of hydrogen-bond donors (Lipinski definition) is 3. The summed E-state index contributed by atoms with van der Waals surface area (Å²) in [6.45, 7) is 2.08. The Kier molecular flexibility index (Phi) is 4.15. The molecule has 0 spiro atoms. The van der Waals surface area contributed by atoms with E-state index >= 15 is 0 Å². The monoisotopic (exact) mass is 311 g/mol. The standard InChI is InChI=1S/C7H8.C6H4F3N5O/c1-7-5-3-2-4-6-7;7-6(8,9)4-11-1-2(12-4)13-5(10)14-3(1)15/h2-6H,1H3;(H4,10,11,12,13,14,15). The van der Waals surface area contributed by atoms with Crippen LogP contribution in [0, 0.1) is 6.92 Å². The third kappa shape index (κ3) is 3.62. The Morgan fingerprint density at radius 1 is 1.09 bits per heavy atom. The van der Waals surface area contributed by atoms with Crippen molar-refractivity contribution in [3.8, 4) is 0 Å². The van der Waals surface area contributed by atoms with Gasteiger partial charge >= 0.3 is 6.18 Å². The lowest BCUT2D eigenvalue weighted by molar-refractivity contribution is -0.144. The van der Waals surface area contributed by atoms with Crippen LogP contribution in [0.3, 0.4) is 0 Å². The lowest BCUT2D eigenvalue weighted by atomic mass is 10.2. The number of halogens is 3. The Bertz CT molecular complexity index is 823. The van der Waals surface area contributed by atoms with E-state index in [-0.39, 0.29) is 17.1 Å². The fourth-order valence-electron chi connectivity index (χ4n) is 1.59. The van der Waals surface area contributed by atoms with Gasteiger partial charge in [0.1, 0.15) is 0 Å². The minimum atomic E-state index is -4.65. The van der Waals surface area contributed by atoms with Gasteiger partial charge in [-0.2, -0.15) is 18.2 Å². The van der Waals surface area contributed by atoms with Crippen LogP contribution >= 0.6 is 0 Å². The number of nitrogens with zero attached hydrogens (tertiary/aromatic N) is 2. The van der Waals surface area contributed by atoms with Gasteiger partial charge in [-0.25, -0.2) is 4.98 Å². The van der Waals surface area contributed by atoms with E-state index in [1.807, 2.05) is 23.2 Å². The smallest absolute Gasteiger partial charge is 0.369 e. The molecule has 0 aliphatic carbocycles. The van der Waals surface area contributed by atoms with Gasteiger partial charge in [-0.15, -0.1) is 0 Å². The molecule has 22 heavy (non-hydrogen) atoms. The molecule has 0 saturated heterocycles. The van der Waals surface area contributed by atoms with Crippen LogP contribution < -0.4 is 11.3 Å². The quantitative estimate of drug-likeness (QED) is 0.592. The van der Waals surface area contributed by atoms with Crippen LogP contribution in [0.2, 0.25) is 0 Å². The second-order valence-electron chi connectivity index (χ2n) is 4.39. The number of anilines is 1. The van der Waals surface area contributed by atoms with Crippen molar-refractivity contribution < 1.29 is 13.2 Å². The van der Waals surface area contributed by atoms with Gasteiger partial charge in [0.15, 0.2) is 11.2 Å². The topological polar surface area (TPSA) is 100 Å². The summed E-state index contributed by atoms with van der Waals surface area (Å²) in [7, 11) is 0. The van der Waals surface area contributed by atoms with Crippen LogP contribution in [0.25, 0.3) is 11.2 Å². The van der Waals surface area contributed by atoms with Crippen molar-refractivity contribution >= 4 is 17.1 Å². The predicted molar refractivity (Wildman–Crippen MR) is 75.1 cm³/mol. The summed E-state index contributed by atoms with van der Waals surface area (Å²) in [4.78, 5) is 21.6. The highest BCUT2D eigenvalue weighted by atomic mass is 19.4. The van der Waals surface area contributed by atoms with Crippen molar-refractivity contribution in [2.45, 2.75) is 13.1 Å². The molecule has 0 unspecified atom stereocenters. The Labute approximate surface area is 122 Å². The summed E-state index contributed by atoms with van der Waals surface area (Å²) in [5, 5.41) is 0. The Morgan fingerprint density at radius 2 is 1.73 bits per heavy atom. The summed E-state index contributed by atoms with van der Waals surface area (Å²) >= 11 is 0. The molecular formula is C13H12F3N5O. The van der Waals surface area contributed by atoms with E-state index in [4.69, 9.17) is 5.73 Å². The van der Waals surface area contributed by atoms with Gasteiger partial charge in [0.2, 0.25) is 11.8 Å². The molecule has 3 aromatic rings. The maximum Gasteiger partial charge on any atom is 0.449 e. The molecule has 3 rings (SSSR count). The number of aromatic nitrogens is 4. The SMILES string of the molecule is Cc1ccccc1.Nc1nc2nc(C(F)(F)F)[nH]c2c(=O)[nH]1. The number of nitrogens with one attached hydrogen (secondary N) is 2. The van der Waals surface area contributed by atoms with E-state index in [2.05, 4.69) is 34.0 Å². The molecule has 116 valence electrons. The zero-order chi connectivity index (χ0) is 16.3. The maximum atomic E-state index is 12.2. The number of nitrogen functional groups attached to an aromatic ring is 1. The Morgan fingerprint density at radius 3 is 2.23 bits per heavy atom. The molecule has 0 radical (unpaired) electrons. The number of aromatic amines is 2. The van der Waals surface area contributed by atoms with Gasteiger partial charge in [-0.1, -0.05) is 35.9 Å². The van der Waals surface area contributed by atoms with Crippen molar-refractivity contribution in [2.24, 2.45) is 0 Å². The lowest BCUT2D eigenvalue weighted by Gasteiger charge is -1.98. The largest absolute Gasteiger partial charge is 0.449 e. The van der Waals surface area contributed by atoms with Gasteiger partial charge in [0.25, 0.3) is 5.56 Å². The molecule has 0 aliphatic heterocycles. The van der Waals surface area contributed by atoms with Crippen LogP contribution in [0.1, 0.15) is 11.4 Å². The van der Waals surface area contributed by atoms with Crippen LogP contribution in [0.4, 0.5) is 19.1 Å². The first-order chi connectivity index (χ1) is 10.3. The summed E-state index contributed by atoms with van der Waals surface area (Å²) in [5.41, 5.74) is 4.96.